The molecule has 9 nitrogen and oxygen atoms in total. The van der Waals surface area contributed by atoms with Crippen molar-refractivity contribution in [3.63, 3.8) is 0 Å². The normalized spacial score (nSPS) is 16.8. The van der Waals surface area contributed by atoms with Gasteiger partial charge in [-0.1, -0.05) is 59.3 Å². The first-order chi connectivity index (χ1) is 21.6. The maximum atomic E-state index is 14.6. The van der Waals surface area contributed by atoms with Gasteiger partial charge in [0.1, 0.15) is 22.1 Å². The van der Waals surface area contributed by atoms with E-state index >= 15 is 0 Å². The highest BCUT2D eigenvalue weighted by Gasteiger charge is 2.38. The maximum Gasteiger partial charge on any atom is 0.338 e. The minimum Gasteiger partial charge on any atom is -0.497 e. The quantitative estimate of drug-likeness (QED) is 0.269. The fourth-order valence-corrected chi connectivity index (χ4v) is 7.04. The van der Waals surface area contributed by atoms with Crippen molar-refractivity contribution in [3.05, 3.63) is 119 Å². The van der Waals surface area contributed by atoms with Crippen molar-refractivity contribution in [2.24, 2.45) is 4.99 Å². The number of thiazole rings is 1. The van der Waals surface area contributed by atoms with E-state index in [-0.39, 0.29) is 28.1 Å². The number of amides is 1. The first-order valence-electron chi connectivity index (χ1n) is 14.3. The molecule has 3 aromatic carbocycles. The summed E-state index contributed by atoms with van der Waals surface area (Å²) in [5.41, 5.74) is 2.98. The highest BCUT2D eigenvalue weighted by Crippen LogP contribution is 2.39. The molecule has 0 saturated carbocycles. The molecule has 45 heavy (non-hydrogen) atoms. The number of anilines is 1. The van der Waals surface area contributed by atoms with E-state index in [1.807, 2.05) is 42.5 Å². The lowest BCUT2D eigenvalue weighted by Gasteiger charge is -2.26. The van der Waals surface area contributed by atoms with Gasteiger partial charge in [0.25, 0.3) is 11.5 Å². The van der Waals surface area contributed by atoms with Crippen LogP contribution in [0.5, 0.6) is 11.5 Å². The van der Waals surface area contributed by atoms with Gasteiger partial charge in [-0.05, 0) is 56.7 Å². The Morgan fingerprint density at radius 1 is 1.02 bits per heavy atom. The summed E-state index contributed by atoms with van der Waals surface area (Å²) in [6, 6.07) is 18.9. The molecule has 0 unspecified atom stereocenters. The molecule has 1 amide bonds. The number of hydrogen-bond donors (Lipinski definition) is 0. The summed E-state index contributed by atoms with van der Waals surface area (Å²) in [5, 5.41) is 0.541. The molecule has 11 heteroatoms. The number of carbonyl (C=O) groups is 2. The maximum absolute atomic E-state index is 14.6. The summed E-state index contributed by atoms with van der Waals surface area (Å²) in [7, 11) is 3.05. The molecule has 230 valence electrons. The van der Waals surface area contributed by atoms with E-state index in [2.05, 4.69) is 0 Å². The number of fused-ring (bicyclic) bond motifs is 2. The van der Waals surface area contributed by atoms with Crippen LogP contribution in [0.1, 0.15) is 43.5 Å². The van der Waals surface area contributed by atoms with Crippen LogP contribution < -0.4 is 29.3 Å². The van der Waals surface area contributed by atoms with E-state index in [0.29, 0.717) is 43.8 Å². The number of para-hydroxylation sites is 1. The minimum absolute atomic E-state index is 0.192. The van der Waals surface area contributed by atoms with Gasteiger partial charge in [0, 0.05) is 16.1 Å². The number of rotatable bonds is 7. The predicted octanol–water partition coefficient (Wildman–Crippen LogP) is 4.77. The van der Waals surface area contributed by atoms with E-state index in [0.717, 1.165) is 16.9 Å². The Balaban J connectivity index is 1.61. The van der Waals surface area contributed by atoms with E-state index < -0.39 is 23.7 Å². The second kappa shape index (κ2) is 12.0. The molecule has 0 aliphatic carbocycles. The zero-order valence-electron chi connectivity index (χ0n) is 25.3. The predicted molar refractivity (Wildman–Crippen MR) is 173 cm³/mol. The first kappa shape index (κ1) is 30.4. The summed E-state index contributed by atoms with van der Waals surface area (Å²) in [5.74, 6) is 0.0215. The smallest absolute Gasteiger partial charge is 0.338 e. The number of ether oxygens (including phenoxy) is 3. The van der Waals surface area contributed by atoms with Gasteiger partial charge in [0.15, 0.2) is 4.80 Å². The largest absolute Gasteiger partial charge is 0.497 e. The van der Waals surface area contributed by atoms with E-state index in [1.54, 1.807) is 49.9 Å². The number of benzene rings is 3. The molecule has 2 aliphatic rings. The molecule has 4 aromatic rings. The Morgan fingerprint density at radius 3 is 2.47 bits per heavy atom. The highest BCUT2D eigenvalue weighted by atomic mass is 35.5. The zero-order valence-corrected chi connectivity index (χ0v) is 26.9. The Labute approximate surface area is 268 Å². The monoisotopic (exact) mass is 643 g/mol. The molecule has 1 aromatic heterocycles. The molecule has 6 rings (SSSR count). The van der Waals surface area contributed by atoms with Crippen LogP contribution in [-0.2, 0) is 20.9 Å². The van der Waals surface area contributed by atoms with E-state index in [4.69, 9.17) is 30.8 Å². The Kier molecular flexibility index (Phi) is 8.11. The molecule has 0 N–H and O–H groups in total. The zero-order chi connectivity index (χ0) is 32.0. The van der Waals surface area contributed by atoms with Gasteiger partial charge in [0.2, 0.25) is 0 Å². The SMILES string of the molecule is COc1ccc(OC)c([C@@H]2C(C(=O)OC(C)C)=C(C)N=c3s/c(=C4\C(=O)N(Cc5ccccc5Cl)c5ccccc54)c(=O)n32)c1. The molecule has 0 radical (unpaired) electrons. The number of methoxy groups -OCH3 is 2. The molecule has 0 spiro atoms. The van der Waals surface area contributed by atoms with Crippen molar-refractivity contribution >= 4 is 46.1 Å². The van der Waals surface area contributed by atoms with Crippen molar-refractivity contribution in [1.82, 2.24) is 4.57 Å². The number of esters is 1. The first-order valence-corrected chi connectivity index (χ1v) is 15.5. The number of halogens is 1. The Hall–Kier alpha value is -4.67. The standard InChI is InChI=1S/C34H30ClN3O6S/c1-18(2)44-33(41)27-19(3)36-34-38(29(27)23-16-21(42-4)14-15-26(23)43-5)32(40)30(45-34)28-22-11-7-9-13-25(22)37(31(28)39)17-20-10-6-8-12-24(20)35/h6-16,18,29H,17H2,1-5H3/b30-28-/t29-/m1/s1. The Morgan fingerprint density at radius 2 is 1.76 bits per heavy atom. The van der Waals surface area contributed by atoms with Gasteiger partial charge in [0.05, 0.1) is 49.4 Å². The highest BCUT2D eigenvalue weighted by molar-refractivity contribution is 7.07. The average Bonchev–Trinajstić information content (AvgIpc) is 3.48. The van der Waals surface area contributed by atoms with Crippen molar-refractivity contribution < 1.29 is 23.8 Å². The fraction of sp³-hybridized carbons (Fsp3) is 0.235. The van der Waals surface area contributed by atoms with Gasteiger partial charge in [-0.3, -0.25) is 14.2 Å². The van der Waals surface area contributed by atoms with Crippen LogP contribution in [0, 0.1) is 0 Å². The van der Waals surface area contributed by atoms with Crippen molar-refractivity contribution in [3.8, 4) is 11.5 Å². The van der Waals surface area contributed by atoms with Crippen molar-refractivity contribution in [2.75, 3.05) is 19.1 Å². The van der Waals surface area contributed by atoms with Crippen LogP contribution in [-0.4, -0.2) is 36.8 Å². The average molecular weight is 644 g/mol. The van der Waals surface area contributed by atoms with E-state index in [1.165, 1.54) is 18.8 Å². The number of aromatic nitrogens is 1. The molecule has 2 aliphatic heterocycles. The summed E-state index contributed by atoms with van der Waals surface area (Å²) in [6.45, 7) is 5.44. The van der Waals surface area contributed by atoms with Gasteiger partial charge in [-0.2, -0.15) is 0 Å². The summed E-state index contributed by atoms with van der Waals surface area (Å²) in [6.07, 6.45) is -0.408. The van der Waals surface area contributed by atoms with Crippen molar-refractivity contribution in [1.29, 1.82) is 0 Å². The number of hydrogen-bond acceptors (Lipinski definition) is 8. The van der Waals surface area contributed by atoms with Crippen LogP contribution in [0.2, 0.25) is 5.02 Å². The summed E-state index contributed by atoms with van der Waals surface area (Å²) < 4.78 is 18.5. The van der Waals surface area contributed by atoms with Crippen LogP contribution in [0.25, 0.3) is 5.57 Å². The molecule has 3 heterocycles. The third-order valence-electron chi connectivity index (χ3n) is 7.73. The lowest BCUT2D eigenvalue weighted by Crippen LogP contribution is -2.41. The molecular formula is C34H30ClN3O6S. The second-order valence-corrected chi connectivity index (χ2v) is 12.2. The molecule has 0 saturated heterocycles. The minimum atomic E-state index is -0.960. The summed E-state index contributed by atoms with van der Waals surface area (Å²) in [4.78, 5) is 49.0. The number of nitrogens with zero attached hydrogens (tertiary/aromatic N) is 3. The third kappa shape index (κ3) is 5.23. The van der Waals surface area contributed by atoms with Crippen molar-refractivity contribution in [2.45, 2.75) is 39.5 Å². The van der Waals surface area contributed by atoms with Crippen LogP contribution >= 0.6 is 22.9 Å². The number of carbonyl (C=O) groups excluding carboxylic acids is 2. The van der Waals surface area contributed by atoms with Gasteiger partial charge in [-0.25, -0.2) is 9.79 Å². The lowest BCUT2D eigenvalue weighted by molar-refractivity contribution is -0.143. The second-order valence-electron chi connectivity index (χ2n) is 10.8. The van der Waals surface area contributed by atoms with Crippen LogP contribution in [0.15, 0.2) is 87.8 Å². The lowest BCUT2D eigenvalue weighted by atomic mass is 9.94. The topological polar surface area (TPSA) is 99.4 Å². The molecule has 0 fully saturated rings. The third-order valence-corrected chi connectivity index (χ3v) is 9.15. The van der Waals surface area contributed by atoms with Crippen LogP contribution in [0.4, 0.5) is 5.69 Å². The Bertz CT molecular complexity index is 2080. The van der Waals surface area contributed by atoms with Crippen LogP contribution in [0.3, 0.4) is 0 Å². The number of allylic oxidation sites excluding steroid dienone is 1. The fourth-order valence-electron chi connectivity index (χ4n) is 5.71. The molecular weight excluding hydrogens is 614 g/mol. The molecule has 0 bridgehead atoms. The van der Waals surface area contributed by atoms with Gasteiger partial charge >= 0.3 is 5.97 Å². The van der Waals surface area contributed by atoms with Gasteiger partial charge in [-0.15, -0.1) is 0 Å². The van der Waals surface area contributed by atoms with E-state index in [9.17, 15) is 14.4 Å². The summed E-state index contributed by atoms with van der Waals surface area (Å²) >= 11 is 7.57. The van der Waals surface area contributed by atoms with Gasteiger partial charge < -0.3 is 19.1 Å². The molecule has 1 atom stereocenters.